The number of ether oxygens (including phenoxy) is 1. The molecule has 2 heterocycles. The first kappa shape index (κ1) is 26.0. The van der Waals surface area contributed by atoms with Crippen LogP contribution in [0.4, 0.5) is 11.4 Å². The first-order chi connectivity index (χ1) is 18.5. The summed E-state index contributed by atoms with van der Waals surface area (Å²) in [6, 6.07) is 14.2. The van der Waals surface area contributed by atoms with E-state index in [4.69, 9.17) is 9.73 Å². The maximum atomic E-state index is 13.4. The van der Waals surface area contributed by atoms with Crippen LogP contribution in [0.5, 0.6) is 5.75 Å². The van der Waals surface area contributed by atoms with Crippen molar-refractivity contribution in [2.75, 3.05) is 18.2 Å². The number of amidine groups is 2. The standard InChI is InChI=1S/C28H31N5O4S/c1-37-20-11-7-10-19(16-20)30-25(35)17-38-28-32-22-13-6-5-12-21(22)26-31-23(27(36)33(26)28)14-15-24(34)29-18-8-3-2-4-9-18/h5-7,10-13,16,18,23H,2-4,8-9,14-15,17H2,1H3,(H,29,34)(H,30,35). The molecule has 1 unspecified atom stereocenters. The van der Waals surface area contributed by atoms with E-state index in [0.29, 0.717) is 34.5 Å². The largest absolute Gasteiger partial charge is 0.497 e. The quantitative estimate of drug-likeness (QED) is 0.527. The molecule has 0 spiro atoms. The molecule has 3 aliphatic rings. The first-order valence-corrected chi connectivity index (χ1v) is 14.0. The highest BCUT2D eigenvalue weighted by Gasteiger charge is 2.41. The lowest BCUT2D eigenvalue weighted by molar-refractivity contribution is -0.125. The Balaban J connectivity index is 1.25. The Labute approximate surface area is 226 Å². The van der Waals surface area contributed by atoms with E-state index in [1.165, 1.54) is 23.1 Å². The smallest absolute Gasteiger partial charge is 0.259 e. The number of anilines is 1. The molecule has 5 rings (SSSR count). The highest BCUT2D eigenvalue weighted by Crippen LogP contribution is 2.34. The van der Waals surface area contributed by atoms with E-state index < -0.39 is 6.04 Å². The number of hydrogen-bond donors (Lipinski definition) is 2. The molecule has 0 radical (unpaired) electrons. The molecule has 2 aliphatic heterocycles. The molecular formula is C28H31N5O4S. The molecule has 1 atom stereocenters. The monoisotopic (exact) mass is 533 g/mol. The lowest BCUT2D eigenvalue weighted by atomic mass is 9.95. The molecule has 2 N–H and O–H groups in total. The maximum absolute atomic E-state index is 13.4. The second-order valence-electron chi connectivity index (χ2n) is 9.56. The number of fused-ring (bicyclic) bond motifs is 3. The molecule has 1 aliphatic carbocycles. The van der Waals surface area contributed by atoms with Crippen molar-refractivity contribution in [1.82, 2.24) is 10.2 Å². The Bertz CT molecular complexity index is 1290. The molecule has 10 heteroatoms. The molecule has 2 aromatic rings. The zero-order valence-corrected chi connectivity index (χ0v) is 22.1. The summed E-state index contributed by atoms with van der Waals surface area (Å²) in [6.07, 6.45) is 6.11. The van der Waals surface area contributed by atoms with E-state index in [1.807, 2.05) is 24.3 Å². The highest BCUT2D eigenvalue weighted by molar-refractivity contribution is 8.14. The number of rotatable bonds is 8. The number of para-hydroxylation sites is 1. The number of hydrogen-bond acceptors (Lipinski definition) is 7. The number of carbonyl (C=O) groups excluding carboxylic acids is 3. The van der Waals surface area contributed by atoms with Crippen molar-refractivity contribution in [3.05, 3.63) is 54.1 Å². The van der Waals surface area contributed by atoms with Gasteiger partial charge < -0.3 is 15.4 Å². The summed E-state index contributed by atoms with van der Waals surface area (Å²) in [5.41, 5.74) is 2.08. The molecule has 3 amide bonds. The van der Waals surface area contributed by atoms with Crippen LogP contribution in [-0.2, 0) is 14.4 Å². The number of aliphatic imine (C=N–C) groups is 2. The maximum Gasteiger partial charge on any atom is 0.259 e. The van der Waals surface area contributed by atoms with Crippen LogP contribution < -0.4 is 15.4 Å². The zero-order valence-electron chi connectivity index (χ0n) is 21.3. The average molecular weight is 534 g/mol. The number of thioether (sulfide) groups is 1. The van der Waals surface area contributed by atoms with Crippen LogP contribution in [0.2, 0.25) is 0 Å². The fraction of sp³-hybridized carbons (Fsp3) is 0.393. The number of carbonyl (C=O) groups is 3. The van der Waals surface area contributed by atoms with Crippen molar-refractivity contribution >= 4 is 51.9 Å². The van der Waals surface area contributed by atoms with Crippen LogP contribution >= 0.6 is 11.8 Å². The van der Waals surface area contributed by atoms with Gasteiger partial charge in [-0.05, 0) is 43.5 Å². The van der Waals surface area contributed by atoms with Crippen molar-refractivity contribution in [2.45, 2.75) is 57.0 Å². The van der Waals surface area contributed by atoms with Crippen molar-refractivity contribution < 1.29 is 19.1 Å². The van der Waals surface area contributed by atoms with Gasteiger partial charge in [0.2, 0.25) is 11.8 Å². The topological polar surface area (TPSA) is 112 Å². The van der Waals surface area contributed by atoms with Crippen LogP contribution in [0, 0.1) is 0 Å². The van der Waals surface area contributed by atoms with Gasteiger partial charge in [0.05, 0.1) is 18.6 Å². The summed E-state index contributed by atoms with van der Waals surface area (Å²) in [5.74, 6) is 0.738. The first-order valence-electron chi connectivity index (χ1n) is 13.0. The number of amides is 3. The van der Waals surface area contributed by atoms with Crippen LogP contribution in [0.25, 0.3) is 0 Å². The summed E-state index contributed by atoms with van der Waals surface area (Å²) in [6.45, 7) is 0. The van der Waals surface area contributed by atoms with Gasteiger partial charge >= 0.3 is 0 Å². The zero-order chi connectivity index (χ0) is 26.5. The molecule has 1 saturated carbocycles. The summed E-state index contributed by atoms with van der Waals surface area (Å²) < 4.78 is 5.21. The van der Waals surface area contributed by atoms with Gasteiger partial charge in [-0.25, -0.2) is 9.89 Å². The van der Waals surface area contributed by atoms with Gasteiger partial charge in [-0.2, -0.15) is 0 Å². The van der Waals surface area contributed by atoms with Gasteiger partial charge in [-0.15, -0.1) is 0 Å². The Hall–Kier alpha value is -3.66. The third-order valence-corrected chi connectivity index (χ3v) is 7.79. The third kappa shape index (κ3) is 5.91. The van der Waals surface area contributed by atoms with Crippen molar-refractivity contribution in [1.29, 1.82) is 0 Å². The van der Waals surface area contributed by atoms with Gasteiger partial charge in [-0.1, -0.05) is 49.2 Å². The van der Waals surface area contributed by atoms with Crippen LogP contribution in [0.15, 0.2) is 58.5 Å². The van der Waals surface area contributed by atoms with Crippen LogP contribution in [0.3, 0.4) is 0 Å². The second kappa shape index (κ2) is 11.8. The Morgan fingerprint density at radius 2 is 1.89 bits per heavy atom. The number of nitrogens with zero attached hydrogens (tertiary/aromatic N) is 3. The average Bonchev–Trinajstić information content (AvgIpc) is 3.27. The minimum absolute atomic E-state index is 0.0346. The molecule has 0 saturated heterocycles. The van der Waals surface area contributed by atoms with Crippen molar-refractivity contribution in [3.63, 3.8) is 0 Å². The van der Waals surface area contributed by atoms with Gasteiger partial charge in [0.15, 0.2) is 5.17 Å². The lowest BCUT2D eigenvalue weighted by Gasteiger charge is -2.25. The summed E-state index contributed by atoms with van der Waals surface area (Å²) in [5, 5.41) is 6.37. The minimum Gasteiger partial charge on any atom is -0.497 e. The van der Waals surface area contributed by atoms with Crippen molar-refractivity contribution in [2.24, 2.45) is 9.98 Å². The van der Waals surface area contributed by atoms with Gasteiger partial charge in [-0.3, -0.25) is 19.4 Å². The Morgan fingerprint density at radius 3 is 2.71 bits per heavy atom. The number of benzene rings is 2. The second-order valence-corrected chi connectivity index (χ2v) is 10.5. The predicted molar refractivity (Wildman–Crippen MR) is 149 cm³/mol. The minimum atomic E-state index is -0.662. The summed E-state index contributed by atoms with van der Waals surface area (Å²) >= 11 is 1.18. The van der Waals surface area contributed by atoms with Crippen LogP contribution in [0.1, 0.15) is 50.5 Å². The number of nitrogens with one attached hydrogen (secondary N) is 2. The summed E-state index contributed by atoms with van der Waals surface area (Å²) in [7, 11) is 1.57. The lowest BCUT2D eigenvalue weighted by Crippen LogP contribution is -2.42. The van der Waals surface area contributed by atoms with E-state index in [2.05, 4.69) is 15.6 Å². The Morgan fingerprint density at radius 1 is 1.08 bits per heavy atom. The van der Waals surface area contributed by atoms with Gasteiger partial charge in [0.1, 0.15) is 17.6 Å². The van der Waals surface area contributed by atoms with Crippen molar-refractivity contribution in [3.8, 4) is 5.75 Å². The van der Waals surface area contributed by atoms with E-state index >= 15 is 0 Å². The molecule has 2 aromatic carbocycles. The van der Waals surface area contributed by atoms with Gasteiger partial charge in [0.25, 0.3) is 5.91 Å². The molecule has 1 fully saturated rings. The van der Waals surface area contributed by atoms with E-state index in [-0.39, 0.29) is 35.9 Å². The number of methoxy groups -OCH3 is 1. The molecule has 198 valence electrons. The SMILES string of the molecule is COc1cccc(NC(=O)CSC2=Nc3ccccc3C3=NC(CCC(=O)NC4CCCCC4)C(=O)N23)c1. The van der Waals surface area contributed by atoms with E-state index in [1.54, 1.807) is 31.4 Å². The van der Waals surface area contributed by atoms with E-state index in [0.717, 1.165) is 31.2 Å². The Kier molecular flexibility index (Phi) is 8.07. The fourth-order valence-corrected chi connectivity index (χ4v) is 5.73. The van der Waals surface area contributed by atoms with Crippen LogP contribution in [-0.4, -0.2) is 58.6 Å². The molecule has 0 bridgehead atoms. The third-order valence-electron chi connectivity index (χ3n) is 6.85. The summed E-state index contributed by atoms with van der Waals surface area (Å²) in [4.78, 5) is 49.6. The molecular weight excluding hydrogens is 502 g/mol. The molecule has 0 aromatic heterocycles. The van der Waals surface area contributed by atoms with E-state index in [9.17, 15) is 14.4 Å². The highest BCUT2D eigenvalue weighted by atomic mass is 32.2. The fourth-order valence-electron chi connectivity index (χ4n) is 4.93. The molecule has 9 nitrogen and oxygen atoms in total. The predicted octanol–water partition coefficient (Wildman–Crippen LogP) is 4.25. The van der Waals surface area contributed by atoms with Gasteiger partial charge in [0, 0.05) is 29.8 Å². The molecule has 38 heavy (non-hydrogen) atoms. The normalized spacial score (nSPS) is 18.7.